The van der Waals surface area contributed by atoms with E-state index in [2.05, 4.69) is 13.0 Å². The fourth-order valence-corrected chi connectivity index (χ4v) is 3.94. The third kappa shape index (κ3) is 4.56. The molecule has 4 heteroatoms. The van der Waals surface area contributed by atoms with Gasteiger partial charge in [-0.2, -0.15) is 0 Å². The largest absolute Gasteiger partial charge is 0.497 e. The van der Waals surface area contributed by atoms with E-state index in [1.165, 1.54) is 5.57 Å². The highest BCUT2D eigenvalue weighted by molar-refractivity contribution is 5.76. The van der Waals surface area contributed by atoms with E-state index in [-0.39, 0.29) is 11.8 Å². The van der Waals surface area contributed by atoms with Crippen LogP contribution in [0.25, 0.3) is 0 Å². The monoisotopic (exact) mass is 346 g/mol. The molecule has 1 aromatic rings. The minimum Gasteiger partial charge on any atom is -0.497 e. The van der Waals surface area contributed by atoms with Gasteiger partial charge in [0.25, 0.3) is 0 Å². The number of rotatable bonds is 8. The van der Waals surface area contributed by atoms with Gasteiger partial charge >= 0.3 is 5.97 Å². The van der Waals surface area contributed by atoms with Crippen molar-refractivity contribution in [3.8, 4) is 11.5 Å². The predicted molar refractivity (Wildman–Crippen MR) is 99.1 cm³/mol. The van der Waals surface area contributed by atoms with E-state index in [1.807, 2.05) is 38.1 Å². The molecule has 0 radical (unpaired) electrons. The highest BCUT2D eigenvalue weighted by Crippen LogP contribution is 2.50. The van der Waals surface area contributed by atoms with Crippen molar-refractivity contribution in [1.82, 2.24) is 0 Å². The van der Waals surface area contributed by atoms with E-state index in [1.54, 1.807) is 7.11 Å². The standard InChI is InChI=1S/C21H30O4/c1-15(2)11-13-21(20(22)23)12-5-6-19(21)16(3)14-25-18-9-7-17(24-4)8-10-18/h7-11,16,19H,5-6,12-14H2,1-4H3,(H,22,23)/t16-,19-,21+/m1/s1. The van der Waals surface area contributed by atoms with Crippen molar-refractivity contribution in [2.24, 2.45) is 17.3 Å². The maximum atomic E-state index is 12.1. The quantitative estimate of drug-likeness (QED) is 0.678. The minimum absolute atomic E-state index is 0.138. The van der Waals surface area contributed by atoms with Crippen LogP contribution in [0.2, 0.25) is 0 Å². The van der Waals surface area contributed by atoms with Gasteiger partial charge in [-0.25, -0.2) is 0 Å². The zero-order chi connectivity index (χ0) is 18.4. The van der Waals surface area contributed by atoms with E-state index in [0.717, 1.165) is 30.8 Å². The summed E-state index contributed by atoms with van der Waals surface area (Å²) in [7, 11) is 1.63. The zero-order valence-electron chi connectivity index (χ0n) is 15.7. The second-order valence-electron chi connectivity index (χ2n) is 7.41. The smallest absolute Gasteiger partial charge is 0.310 e. The van der Waals surface area contributed by atoms with Crippen LogP contribution in [0.5, 0.6) is 11.5 Å². The number of aliphatic carboxylic acids is 1. The number of ether oxygens (including phenoxy) is 2. The Hall–Kier alpha value is -1.97. The Labute approximate surface area is 150 Å². The van der Waals surface area contributed by atoms with Crippen LogP contribution in [-0.4, -0.2) is 24.8 Å². The van der Waals surface area contributed by atoms with Crippen molar-refractivity contribution in [1.29, 1.82) is 0 Å². The first-order chi connectivity index (χ1) is 11.9. The summed E-state index contributed by atoms with van der Waals surface area (Å²) in [4.78, 5) is 12.1. The molecule has 1 aliphatic rings. The summed E-state index contributed by atoms with van der Waals surface area (Å²) in [5, 5.41) is 9.95. The van der Waals surface area contributed by atoms with Gasteiger partial charge in [-0.3, -0.25) is 4.79 Å². The molecule has 0 aromatic heterocycles. The van der Waals surface area contributed by atoms with Crippen LogP contribution >= 0.6 is 0 Å². The Morgan fingerprint density at radius 3 is 2.52 bits per heavy atom. The van der Waals surface area contributed by atoms with Crippen LogP contribution in [0, 0.1) is 17.3 Å². The molecule has 1 aromatic carbocycles. The number of carboxylic acids is 1. The van der Waals surface area contributed by atoms with Gasteiger partial charge in [0.05, 0.1) is 19.1 Å². The van der Waals surface area contributed by atoms with Crippen LogP contribution < -0.4 is 9.47 Å². The summed E-state index contributed by atoms with van der Waals surface area (Å²) in [6.07, 6.45) is 5.37. The Balaban J connectivity index is 2.05. The first-order valence-corrected chi connectivity index (χ1v) is 9.02. The average molecular weight is 346 g/mol. The number of methoxy groups -OCH3 is 1. The molecule has 0 bridgehead atoms. The lowest BCUT2D eigenvalue weighted by molar-refractivity contribution is -0.152. The molecular weight excluding hydrogens is 316 g/mol. The van der Waals surface area contributed by atoms with Gasteiger partial charge in [0, 0.05) is 0 Å². The Morgan fingerprint density at radius 1 is 1.32 bits per heavy atom. The number of carboxylic acid groups (broad SMARTS) is 1. The number of carbonyl (C=O) groups is 1. The molecule has 1 fully saturated rings. The van der Waals surface area contributed by atoms with Gasteiger partial charge in [-0.05, 0) is 69.2 Å². The normalized spacial score (nSPS) is 23.8. The molecule has 0 saturated heterocycles. The van der Waals surface area contributed by atoms with Crippen molar-refractivity contribution in [3.05, 3.63) is 35.9 Å². The Morgan fingerprint density at radius 2 is 1.96 bits per heavy atom. The van der Waals surface area contributed by atoms with E-state index < -0.39 is 11.4 Å². The number of hydrogen-bond acceptors (Lipinski definition) is 3. The fraction of sp³-hybridized carbons (Fsp3) is 0.571. The van der Waals surface area contributed by atoms with Gasteiger partial charge in [-0.1, -0.05) is 25.0 Å². The summed E-state index contributed by atoms with van der Waals surface area (Å²) >= 11 is 0. The van der Waals surface area contributed by atoms with Crippen molar-refractivity contribution in [2.45, 2.75) is 46.5 Å². The maximum Gasteiger partial charge on any atom is 0.310 e. The van der Waals surface area contributed by atoms with Crippen molar-refractivity contribution < 1.29 is 19.4 Å². The average Bonchev–Trinajstić information content (AvgIpc) is 3.03. The van der Waals surface area contributed by atoms with E-state index in [9.17, 15) is 9.90 Å². The molecule has 2 rings (SSSR count). The lowest BCUT2D eigenvalue weighted by Gasteiger charge is -2.34. The van der Waals surface area contributed by atoms with Gasteiger partial charge in [0.1, 0.15) is 11.5 Å². The molecule has 0 amide bonds. The third-order valence-corrected chi connectivity index (χ3v) is 5.41. The first-order valence-electron chi connectivity index (χ1n) is 9.02. The molecule has 1 saturated carbocycles. The van der Waals surface area contributed by atoms with Crippen LogP contribution in [0.15, 0.2) is 35.9 Å². The minimum atomic E-state index is -0.663. The number of hydrogen-bond donors (Lipinski definition) is 1. The molecule has 0 spiro atoms. The molecule has 1 N–H and O–H groups in total. The number of allylic oxidation sites excluding steroid dienone is 2. The first kappa shape index (κ1) is 19.4. The summed E-state index contributed by atoms with van der Waals surface area (Å²) in [6.45, 7) is 6.69. The maximum absolute atomic E-state index is 12.1. The second-order valence-corrected chi connectivity index (χ2v) is 7.41. The van der Waals surface area contributed by atoms with Gasteiger partial charge in [0.2, 0.25) is 0 Å². The molecule has 4 nitrogen and oxygen atoms in total. The summed E-state index contributed by atoms with van der Waals surface area (Å²) in [6, 6.07) is 7.50. The summed E-state index contributed by atoms with van der Waals surface area (Å²) < 4.78 is 11.1. The van der Waals surface area contributed by atoms with E-state index >= 15 is 0 Å². The van der Waals surface area contributed by atoms with Gasteiger partial charge in [0.15, 0.2) is 0 Å². The second kappa shape index (κ2) is 8.41. The Kier molecular flexibility index (Phi) is 6.51. The molecule has 0 unspecified atom stereocenters. The Bertz CT molecular complexity index is 601. The lowest BCUT2D eigenvalue weighted by atomic mass is 9.70. The lowest BCUT2D eigenvalue weighted by Crippen LogP contribution is -2.39. The summed E-state index contributed by atoms with van der Waals surface area (Å²) in [5.41, 5.74) is 0.522. The van der Waals surface area contributed by atoms with Crippen LogP contribution in [-0.2, 0) is 4.79 Å². The molecule has 138 valence electrons. The highest BCUT2D eigenvalue weighted by Gasteiger charge is 2.50. The molecule has 0 heterocycles. The van der Waals surface area contributed by atoms with Crippen molar-refractivity contribution >= 4 is 5.97 Å². The molecule has 3 atom stereocenters. The SMILES string of the molecule is COc1ccc(OC[C@@H](C)[C@H]2CCC[C@@]2(CC=C(C)C)C(=O)O)cc1. The number of benzene rings is 1. The fourth-order valence-electron chi connectivity index (χ4n) is 3.94. The van der Waals surface area contributed by atoms with Crippen LogP contribution in [0.3, 0.4) is 0 Å². The van der Waals surface area contributed by atoms with Crippen LogP contribution in [0.4, 0.5) is 0 Å². The summed E-state index contributed by atoms with van der Waals surface area (Å²) in [5.74, 6) is 1.24. The van der Waals surface area contributed by atoms with E-state index in [4.69, 9.17) is 9.47 Å². The highest BCUT2D eigenvalue weighted by atomic mass is 16.5. The van der Waals surface area contributed by atoms with Crippen molar-refractivity contribution in [2.75, 3.05) is 13.7 Å². The molecular formula is C21H30O4. The van der Waals surface area contributed by atoms with Gasteiger partial charge in [-0.15, -0.1) is 0 Å². The van der Waals surface area contributed by atoms with Gasteiger partial charge < -0.3 is 14.6 Å². The van der Waals surface area contributed by atoms with E-state index in [0.29, 0.717) is 13.0 Å². The molecule has 25 heavy (non-hydrogen) atoms. The molecule has 1 aliphatic carbocycles. The zero-order valence-corrected chi connectivity index (χ0v) is 15.7. The van der Waals surface area contributed by atoms with Crippen molar-refractivity contribution in [3.63, 3.8) is 0 Å². The van der Waals surface area contributed by atoms with Crippen LogP contribution in [0.1, 0.15) is 46.5 Å². The predicted octanol–water partition coefficient (Wildman–Crippen LogP) is 4.94. The molecule has 0 aliphatic heterocycles. The topological polar surface area (TPSA) is 55.8 Å². The third-order valence-electron chi connectivity index (χ3n) is 5.41.